The average Bonchev–Trinajstić information content (AvgIpc) is 2.53. The maximum absolute atomic E-state index is 10.6. The van der Waals surface area contributed by atoms with E-state index in [0.29, 0.717) is 12.2 Å². The zero-order valence-corrected chi connectivity index (χ0v) is 10.8. The summed E-state index contributed by atoms with van der Waals surface area (Å²) < 4.78 is 5.85. The van der Waals surface area contributed by atoms with Crippen molar-refractivity contribution in [3.8, 4) is 5.75 Å². The van der Waals surface area contributed by atoms with Crippen molar-refractivity contribution in [1.82, 2.24) is 4.98 Å². The van der Waals surface area contributed by atoms with Gasteiger partial charge in [0.2, 0.25) is 0 Å². The fraction of sp³-hybridized carbons (Fsp3) is 0.0588. The minimum Gasteiger partial charge on any atom is -0.488 e. The lowest BCUT2D eigenvalue weighted by Crippen LogP contribution is -1.96. The van der Waals surface area contributed by atoms with E-state index >= 15 is 0 Å². The molecule has 0 aliphatic heterocycles. The van der Waals surface area contributed by atoms with Crippen LogP contribution in [0.3, 0.4) is 0 Å². The van der Waals surface area contributed by atoms with Crippen LogP contribution in [0.2, 0.25) is 0 Å². The van der Waals surface area contributed by atoms with E-state index in [9.17, 15) is 4.79 Å². The van der Waals surface area contributed by atoms with Gasteiger partial charge in [0.1, 0.15) is 18.6 Å². The maximum Gasteiger partial charge on any atom is 0.150 e. The van der Waals surface area contributed by atoms with Crippen LogP contribution in [0.5, 0.6) is 5.75 Å². The molecule has 0 N–H and O–H groups in total. The first-order chi connectivity index (χ1) is 9.86. The molecule has 0 amide bonds. The summed E-state index contributed by atoms with van der Waals surface area (Å²) in [7, 11) is 0. The van der Waals surface area contributed by atoms with E-state index in [1.807, 2.05) is 42.5 Å². The highest BCUT2D eigenvalue weighted by Gasteiger charge is 2.02. The average molecular weight is 263 g/mol. The van der Waals surface area contributed by atoms with Gasteiger partial charge < -0.3 is 4.74 Å². The minimum atomic E-state index is 0.465. The molecule has 0 bridgehead atoms. The third-order valence-electron chi connectivity index (χ3n) is 3.12. The number of carbonyl (C=O) groups excluding carboxylic acids is 1. The van der Waals surface area contributed by atoms with E-state index in [-0.39, 0.29) is 0 Å². The lowest BCUT2D eigenvalue weighted by Gasteiger charge is -2.09. The van der Waals surface area contributed by atoms with Crippen molar-refractivity contribution in [3.05, 3.63) is 71.9 Å². The monoisotopic (exact) mass is 263 g/mol. The number of carbonyl (C=O) groups is 1. The van der Waals surface area contributed by atoms with E-state index < -0.39 is 0 Å². The third kappa shape index (κ3) is 2.52. The lowest BCUT2D eigenvalue weighted by atomic mass is 10.1. The molecule has 98 valence electrons. The summed E-state index contributed by atoms with van der Waals surface area (Å²) in [6.07, 6.45) is 2.60. The lowest BCUT2D eigenvalue weighted by molar-refractivity contribution is 0.112. The van der Waals surface area contributed by atoms with Crippen LogP contribution in [-0.4, -0.2) is 11.3 Å². The predicted molar refractivity (Wildman–Crippen MR) is 77.9 cm³/mol. The van der Waals surface area contributed by atoms with Crippen LogP contribution >= 0.6 is 0 Å². The highest BCUT2D eigenvalue weighted by atomic mass is 16.5. The molecule has 0 saturated heterocycles. The van der Waals surface area contributed by atoms with Crippen LogP contribution in [0.1, 0.15) is 15.9 Å². The molecule has 3 rings (SSSR count). The Labute approximate surface area is 116 Å². The Morgan fingerprint density at radius 1 is 1.00 bits per heavy atom. The molecule has 0 aliphatic carbocycles. The molecule has 1 heterocycles. The molecular formula is C17H13NO2. The third-order valence-corrected chi connectivity index (χ3v) is 3.12. The molecule has 0 fully saturated rings. The topological polar surface area (TPSA) is 39.2 Å². The fourth-order valence-corrected chi connectivity index (χ4v) is 2.05. The van der Waals surface area contributed by atoms with Crippen molar-refractivity contribution in [2.24, 2.45) is 0 Å². The number of ether oxygens (including phenoxy) is 1. The number of benzene rings is 2. The number of aldehydes is 1. The molecule has 3 aromatic rings. The molecule has 0 atom stereocenters. The molecule has 2 aromatic carbocycles. The van der Waals surface area contributed by atoms with E-state index in [0.717, 1.165) is 28.5 Å². The first-order valence-corrected chi connectivity index (χ1v) is 6.37. The number of pyridine rings is 1. The van der Waals surface area contributed by atoms with Crippen LogP contribution in [-0.2, 0) is 6.61 Å². The molecule has 0 aliphatic rings. The summed E-state index contributed by atoms with van der Waals surface area (Å²) in [5.74, 6) is 0.815. The van der Waals surface area contributed by atoms with Crippen molar-refractivity contribution in [2.45, 2.75) is 6.61 Å². The fourth-order valence-electron chi connectivity index (χ4n) is 2.05. The summed E-state index contributed by atoms with van der Waals surface area (Å²) >= 11 is 0. The Morgan fingerprint density at radius 3 is 2.65 bits per heavy atom. The summed E-state index contributed by atoms with van der Waals surface area (Å²) in [6.45, 7) is 0.465. The first-order valence-electron chi connectivity index (χ1n) is 6.37. The molecule has 20 heavy (non-hydrogen) atoms. The molecule has 1 aromatic heterocycles. The van der Waals surface area contributed by atoms with Gasteiger partial charge in [0.25, 0.3) is 0 Å². The van der Waals surface area contributed by atoms with Crippen molar-refractivity contribution in [2.75, 3.05) is 0 Å². The van der Waals surface area contributed by atoms with Crippen LogP contribution in [0.25, 0.3) is 10.9 Å². The normalized spacial score (nSPS) is 10.4. The van der Waals surface area contributed by atoms with Gasteiger partial charge in [-0.05, 0) is 29.8 Å². The second-order valence-corrected chi connectivity index (χ2v) is 4.47. The number of hydrogen-bond acceptors (Lipinski definition) is 3. The standard InChI is InChI=1S/C17H13NO2/c19-11-13-6-8-14(9-7-13)12-20-17-5-1-4-16-15(17)3-2-10-18-16/h1-11H,12H2. The van der Waals surface area contributed by atoms with Crippen molar-refractivity contribution in [1.29, 1.82) is 0 Å². The Kier molecular flexibility index (Phi) is 3.42. The SMILES string of the molecule is O=Cc1ccc(COc2cccc3ncccc23)cc1. The largest absolute Gasteiger partial charge is 0.488 e. The van der Waals surface area contributed by atoms with Gasteiger partial charge in [0.15, 0.2) is 0 Å². The van der Waals surface area contributed by atoms with Gasteiger partial charge >= 0.3 is 0 Å². The maximum atomic E-state index is 10.6. The minimum absolute atomic E-state index is 0.465. The van der Waals surface area contributed by atoms with Crippen molar-refractivity contribution < 1.29 is 9.53 Å². The molecule has 0 spiro atoms. The summed E-state index contributed by atoms with van der Waals surface area (Å²) in [5.41, 5.74) is 2.61. The van der Waals surface area contributed by atoms with Gasteiger partial charge in [-0.25, -0.2) is 0 Å². The number of rotatable bonds is 4. The molecule has 3 nitrogen and oxygen atoms in total. The Morgan fingerprint density at radius 2 is 1.85 bits per heavy atom. The van der Waals surface area contributed by atoms with Crippen molar-refractivity contribution >= 4 is 17.2 Å². The Balaban J connectivity index is 1.81. The van der Waals surface area contributed by atoms with Gasteiger partial charge in [-0.1, -0.05) is 30.3 Å². The summed E-state index contributed by atoms with van der Waals surface area (Å²) in [5, 5.41) is 1.000. The molecule has 0 radical (unpaired) electrons. The number of hydrogen-bond donors (Lipinski definition) is 0. The van der Waals surface area contributed by atoms with Crippen LogP contribution in [0.15, 0.2) is 60.8 Å². The highest BCUT2D eigenvalue weighted by molar-refractivity contribution is 5.84. The van der Waals surface area contributed by atoms with E-state index in [2.05, 4.69) is 4.98 Å². The molecule has 3 heteroatoms. The summed E-state index contributed by atoms with van der Waals surface area (Å²) in [6, 6.07) is 17.1. The van der Waals surface area contributed by atoms with Crippen LogP contribution < -0.4 is 4.74 Å². The molecule has 0 unspecified atom stereocenters. The van der Waals surface area contributed by atoms with Gasteiger partial charge in [0.05, 0.1) is 5.52 Å². The summed E-state index contributed by atoms with van der Waals surface area (Å²) in [4.78, 5) is 14.9. The zero-order chi connectivity index (χ0) is 13.8. The van der Waals surface area contributed by atoms with E-state index in [1.54, 1.807) is 18.3 Å². The molecular weight excluding hydrogens is 250 g/mol. The molecule has 0 saturated carbocycles. The Bertz CT molecular complexity index is 730. The van der Waals surface area contributed by atoms with Gasteiger partial charge in [0, 0.05) is 17.1 Å². The predicted octanol–water partition coefficient (Wildman–Crippen LogP) is 3.63. The number of nitrogens with zero attached hydrogens (tertiary/aromatic N) is 1. The Hall–Kier alpha value is -2.68. The van der Waals surface area contributed by atoms with E-state index in [1.165, 1.54) is 0 Å². The second-order valence-electron chi connectivity index (χ2n) is 4.47. The van der Waals surface area contributed by atoms with Crippen molar-refractivity contribution in [3.63, 3.8) is 0 Å². The highest BCUT2D eigenvalue weighted by Crippen LogP contribution is 2.24. The number of fused-ring (bicyclic) bond motifs is 1. The first kappa shape index (κ1) is 12.4. The second kappa shape index (κ2) is 5.53. The van der Waals surface area contributed by atoms with Gasteiger partial charge in [-0.2, -0.15) is 0 Å². The van der Waals surface area contributed by atoms with Gasteiger partial charge in [-0.15, -0.1) is 0 Å². The van der Waals surface area contributed by atoms with Gasteiger partial charge in [-0.3, -0.25) is 9.78 Å². The number of aromatic nitrogens is 1. The quantitative estimate of drug-likeness (QED) is 0.675. The van der Waals surface area contributed by atoms with Crippen LogP contribution in [0.4, 0.5) is 0 Å². The van der Waals surface area contributed by atoms with Crippen LogP contribution in [0, 0.1) is 0 Å². The zero-order valence-electron chi connectivity index (χ0n) is 10.8. The smallest absolute Gasteiger partial charge is 0.150 e. The van der Waals surface area contributed by atoms with E-state index in [4.69, 9.17) is 4.74 Å².